The summed E-state index contributed by atoms with van der Waals surface area (Å²) in [5, 5.41) is 2.53. The molecule has 0 aliphatic heterocycles. The Morgan fingerprint density at radius 3 is 2.61 bits per heavy atom. The molecule has 0 fully saturated rings. The summed E-state index contributed by atoms with van der Waals surface area (Å²) in [5.41, 5.74) is 2.55. The van der Waals surface area contributed by atoms with E-state index in [0.29, 0.717) is 32.6 Å². The molecule has 166 valence electrons. The molecule has 0 saturated carbocycles. The minimum atomic E-state index is -0.443. The van der Waals surface area contributed by atoms with E-state index in [9.17, 15) is 9.18 Å². The predicted molar refractivity (Wildman–Crippen MR) is 127 cm³/mol. The maximum atomic E-state index is 14.8. The summed E-state index contributed by atoms with van der Waals surface area (Å²) in [6.45, 7) is 1.90. The van der Waals surface area contributed by atoms with Gasteiger partial charge in [-0.15, -0.1) is 22.7 Å². The van der Waals surface area contributed by atoms with E-state index in [2.05, 4.69) is 4.98 Å². The van der Waals surface area contributed by atoms with Gasteiger partial charge in [-0.05, 0) is 37.3 Å². The number of hydrogen-bond donors (Lipinski definition) is 0. The number of aryl methyl sites for hydroxylation is 1. The molecular formula is C24H18FN3O3S2. The number of carbonyl (C=O) groups excluding carboxylic acids is 1. The van der Waals surface area contributed by atoms with Gasteiger partial charge in [-0.1, -0.05) is 12.1 Å². The minimum Gasteiger partial charge on any atom is -0.493 e. The third-order valence-electron chi connectivity index (χ3n) is 5.25. The number of benzene rings is 2. The molecule has 0 bridgehead atoms. The van der Waals surface area contributed by atoms with Crippen molar-refractivity contribution in [1.82, 2.24) is 14.4 Å². The first-order valence-corrected chi connectivity index (χ1v) is 11.7. The van der Waals surface area contributed by atoms with Gasteiger partial charge in [-0.25, -0.2) is 14.4 Å². The Morgan fingerprint density at radius 1 is 1.06 bits per heavy atom. The maximum absolute atomic E-state index is 14.8. The lowest BCUT2D eigenvalue weighted by Gasteiger charge is -2.09. The molecule has 5 aromatic rings. The summed E-state index contributed by atoms with van der Waals surface area (Å²) >= 11 is 2.74. The van der Waals surface area contributed by atoms with E-state index in [1.807, 2.05) is 22.9 Å². The van der Waals surface area contributed by atoms with Crippen LogP contribution in [0.3, 0.4) is 0 Å². The van der Waals surface area contributed by atoms with Gasteiger partial charge in [-0.3, -0.25) is 9.20 Å². The van der Waals surface area contributed by atoms with Gasteiger partial charge in [0.05, 0.1) is 25.6 Å². The number of thiazole rings is 2. The molecule has 6 nitrogen and oxygen atoms in total. The molecule has 0 spiro atoms. The first-order chi connectivity index (χ1) is 16.0. The van der Waals surface area contributed by atoms with Gasteiger partial charge in [0, 0.05) is 22.7 Å². The van der Waals surface area contributed by atoms with Crippen molar-refractivity contribution >= 4 is 33.4 Å². The Labute approximate surface area is 196 Å². The van der Waals surface area contributed by atoms with E-state index in [4.69, 9.17) is 14.5 Å². The van der Waals surface area contributed by atoms with Crippen molar-refractivity contribution in [2.75, 3.05) is 14.2 Å². The highest BCUT2D eigenvalue weighted by atomic mass is 32.1. The fraction of sp³-hybridized carbons (Fsp3) is 0.125. The van der Waals surface area contributed by atoms with Crippen LogP contribution in [-0.4, -0.2) is 34.4 Å². The fourth-order valence-electron chi connectivity index (χ4n) is 3.67. The molecular weight excluding hydrogens is 461 g/mol. The molecule has 0 N–H and O–H groups in total. The monoisotopic (exact) mass is 479 g/mol. The van der Waals surface area contributed by atoms with Crippen molar-refractivity contribution in [2.24, 2.45) is 0 Å². The van der Waals surface area contributed by atoms with Crippen molar-refractivity contribution in [2.45, 2.75) is 6.92 Å². The van der Waals surface area contributed by atoms with Gasteiger partial charge in [0.25, 0.3) is 0 Å². The van der Waals surface area contributed by atoms with E-state index in [-0.39, 0.29) is 11.3 Å². The Kier molecular flexibility index (Phi) is 5.43. The van der Waals surface area contributed by atoms with E-state index in [0.717, 1.165) is 16.3 Å². The zero-order valence-electron chi connectivity index (χ0n) is 18.0. The average molecular weight is 480 g/mol. The second kappa shape index (κ2) is 8.42. The highest BCUT2D eigenvalue weighted by Crippen LogP contribution is 2.39. The molecule has 0 aliphatic carbocycles. The van der Waals surface area contributed by atoms with Crippen molar-refractivity contribution in [3.05, 3.63) is 76.0 Å². The van der Waals surface area contributed by atoms with E-state index in [1.54, 1.807) is 36.4 Å². The third-order valence-corrected chi connectivity index (χ3v) is 7.06. The summed E-state index contributed by atoms with van der Waals surface area (Å²) in [6, 6.07) is 11.3. The van der Waals surface area contributed by atoms with E-state index in [1.165, 1.54) is 43.0 Å². The molecule has 0 unspecified atom stereocenters. The van der Waals surface area contributed by atoms with Gasteiger partial charge < -0.3 is 9.47 Å². The van der Waals surface area contributed by atoms with Gasteiger partial charge >= 0.3 is 0 Å². The molecule has 33 heavy (non-hydrogen) atoms. The zero-order valence-corrected chi connectivity index (χ0v) is 19.6. The molecule has 0 atom stereocenters. The number of ketones is 1. The molecule has 9 heteroatoms. The lowest BCUT2D eigenvalue weighted by Crippen LogP contribution is -2.03. The number of hydrogen-bond acceptors (Lipinski definition) is 7. The van der Waals surface area contributed by atoms with Gasteiger partial charge in [0.2, 0.25) is 5.78 Å². The Bertz CT molecular complexity index is 1500. The lowest BCUT2D eigenvalue weighted by atomic mass is 10.0. The van der Waals surface area contributed by atoms with Crippen LogP contribution >= 0.6 is 22.7 Å². The highest BCUT2D eigenvalue weighted by molar-refractivity contribution is 7.17. The molecule has 3 aromatic heterocycles. The van der Waals surface area contributed by atoms with E-state index < -0.39 is 5.82 Å². The Balaban J connectivity index is 1.71. The van der Waals surface area contributed by atoms with Crippen LogP contribution in [-0.2, 0) is 0 Å². The molecule has 0 saturated heterocycles. The molecule has 3 heterocycles. The predicted octanol–water partition coefficient (Wildman–Crippen LogP) is 5.88. The van der Waals surface area contributed by atoms with Gasteiger partial charge in [0.1, 0.15) is 21.4 Å². The van der Waals surface area contributed by atoms with Crippen LogP contribution in [0, 0.1) is 12.7 Å². The zero-order chi connectivity index (χ0) is 23.1. The number of fused-ring (bicyclic) bond motifs is 1. The summed E-state index contributed by atoms with van der Waals surface area (Å²) < 4.78 is 27.3. The molecule has 5 rings (SSSR count). The van der Waals surface area contributed by atoms with Crippen LogP contribution in [0.25, 0.3) is 26.9 Å². The van der Waals surface area contributed by atoms with E-state index >= 15 is 0 Å². The number of imidazole rings is 1. The maximum Gasteiger partial charge on any atom is 0.205 e. The number of ether oxygens (including phenoxy) is 2. The number of nitrogens with zero attached hydrogens (tertiary/aromatic N) is 3. The van der Waals surface area contributed by atoms with Crippen LogP contribution in [0.5, 0.6) is 11.5 Å². The van der Waals surface area contributed by atoms with Gasteiger partial charge in [0.15, 0.2) is 16.5 Å². The Morgan fingerprint density at radius 2 is 1.85 bits per heavy atom. The number of aromatic nitrogens is 3. The largest absolute Gasteiger partial charge is 0.493 e. The quantitative estimate of drug-likeness (QED) is 0.285. The van der Waals surface area contributed by atoms with Crippen LogP contribution in [0.2, 0.25) is 0 Å². The summed E-state index contributed by atoms with van der Waals surface area (Å²) in [5.74, 6) is 0.235. The molecule has 2 aromatic carbocycles. The standard InChI is InChI=1S/C24H18FN3O3S2/c1-13-20(28-10-11-32-24(28)26-13)23-27-19(15-6-4-5-7-16(15)25)22(33-23)21(29)14-8-9-17(30-2)18(12-14)31-3/h4-12H,1-3H3. The van der Waals surface area contributed by atoms with Crippen molar-refractivity contribution in [3.8, 4) is 33.5 Å². The lowest BCUT2D eigenvalue weighted by molar-refractivity contribution is 0.104. The minimum absolute atomic E-state index is 0.271. The second-order valence-electron chi connectivity index (χ2n) is 7.18. The molecule has 0 radical (unpaired) electrons. The summed E-state index contributed by atoms with van der Waals surface area (Å²) in [4.78, 5) is 24.1. The topological polar surface area (TPSA) is 65.7 Å². The normalized spacial score (nSPS) is 11.2. The van der Waals surface area contributed by atoms with Crippen molar-refractivity contribution in [1.29, 1.82) is 0 Å². The number of methoxy groups -OCH3 is 2. The summed E-state index contributed by atoms with van der Waals surface area (Å²) in [7, 11) is 3.04. The first kappa shape index (κ1) is 21.3. The van der Waals surface area contributed by atoms with Crippen molar-refractivity contribution < 1.29 is 18.7 Å². The number of rotatable bonds is 6. The highest BCUT2D eigenvalue weighted by Gasteiger charge is 2.26. The van der Waals surface area contributed by atoms with Crippen LogP contribution < -0.4 is 9.47 Å². The van der Waals surface area contributed by atoms with Crippen LogP contribution in [0.15, 0.2) is 54.0 Å². The van der Waals surface area contributed by atoms with Crippen LogP contribution in [0.1, 0.15) is 20.9 Å². The SMILES string of the molecule is COc1ccc(C(=O)c2sc(-c3c(C)nc4sccn34)nc2-c2ccccc2F)cc1OC. The average Bonchev–Trinajstić information content (AvgIpc) is 3.53. The van der Waals surface area contributed by atoms with Crippen LogP contribution in [0.4, 0.5) is 4.39 Å². The Hall–Kier alpha value is -3.56. The van der Waals surface area contributed by atoms with Crippen molar-refractivity contribution in [3.63, 3.8) is 0 Å². The third kappa shape index (κ3) is 3.59. The number of halogens is 1. The second-order valence-corrected chi connectivity index (χ2v) is 9.05. The smallest absolute Gasteiger partial charge is 0.205 e. The van der Waals surface area contributed by atoms with Gasteiger partial charge in [-0.2, -0.15) is 0 Å². The fourth-order valence-corrected chi connectivity index (χ4v) is 5.57. The first-order valence-electron chi connectivity index (χ1n) is 9.96. The molecule has 0 amide bonds. The summed E-state index contributed by atoms with van der Waals surface area (Å²) in [6.07, 6.45) is 1.91. The number of carbonyl (C=O) groups is 1. The molecule has 0 aliphatic rings.